The Morgan fingerprint density at radius 1 is 1.55 bits per heavy atom. The normalized spacial score (nSPS) is 19.8. The van der Waals surface area contributed by atoms with Gasteiger partial charge in [-0.3, -0.25) is 0 Å². The molecule has 1 aliphatic rings. The van der Waals surface area contributed by atoms with Crippen molar-refractivity contribution in [2.45, 2.75) is 38.8 Å². The Balaban J connectivity index is 2.16. The average molecular weight is 298 g/mol. The van der Waals surface area contributed by atoms with E-state index >= 15 is 0 Å². The molecular formula is C15H20ClNO3. The predicted molar refractivity (Wildman–Crippen MR) is 78.2 cm³/mol. The third kappa shape index (κ3) is 3.64. The topological polar surface area (TPSA) is 47.6 Å². The Labute approximate surface area is 124 Å². The van der Waals surface area contributed by atoms with Crippen molar-refractivity contribution in [3.63, 3.8) is 0 Å². The van der Waals surface area contributed by atoms with E-state index in [2.05, 4.69) is 19.2 Å². The largest absolute Gasteiger partial charge is 0.478 e. The Morgan fingerprint density at radius 3 is 3.00 bits per heavy atom. The van der Waals surface area contributed by atoms with Gasteiger partial charge in [0.05, 0.1) is 6.61 Å². The SMILES string of the molecule is CCCNC(C)c1cc(Cl)ccc1OC1CCOC1=O. The van der Waals surface area contributed by atoms with Gasteiger partial charge < -0.3 is 14.8 Å². The van der Waals surface area contributed by atoms with Crippen molar-refractivity contribution in [2.24, 2.45) is 0 Å². The molecule has 0 radical (unpaired) electrons. The Hall–Kier alpha value is -1.26. The van der Waals surface area contributed by atoms with Crippen LogP contribution in [0.25, 0.3) is 0 Å². The smallest absolute Gasteiger partial charge is 0.347 e. The monoisotopic (exact) mass is 297 g/mol. The summed E-state index contributed by atoms with van der Waals surface area (Å²) in [5.41, 5.74) is 0.964. The van der Waals surface area contributed by atoms with Crippen molar-refractivity contribution in [3.8, 4) is 5.75 Å². The lowest BCUT2D eigenvalue weighted by Crippen LogP contribution is -2.24. The lowest BCUT2D eigenvalue weighted by molar-refractivity contribution is -0.143. The van der Waals surface area contributed by atoms with E-state index in [0.29, 0.717) is 23.8 Å². The van der Waals surface area contributed by atoms with Crippen LogP contribution in [-0.4, -0.2) is 25.2 Å². The maximum atomic E-state index is 11.5. The molecule has 1 fully saturated rings. The lowest BCUT2D eigenvalue weighted by Gasteiger charge is -2.20. The number of carbonyl (C=O) groups is 1. The summed E-state index contributed by atoms with van der Waals surface area (Å²) in [7, 11) is 0. The van der Waals surface area contributed by atoms with Crippen molar-refractivity contribution in [1.82, 2.24) is 5.32 Å². The summed E-state index contributed by atoms with van der Waals surface area (Å²) in [5, 5.41) is 4.06. The second kappa shape index (κ2) is 6.95. The fourth-order valence-electron chi connectivity index (χ4n) is 2.17. The first-order chi connectivity index (χ1) is 9.61. The molecule has 0 bridgehead atoms. The van der Waals surface area contributed by atoms with Crippen LogP contribution in [0, 0.1) is 0 Å². The van der Waals surface area contributed by atoms with Gasteiger partial charge in [-0.05, 0) is 38.1 Å². The van der Waals surface area contributed by atoms with E-state index in [0.717, 1.165) is 18.5 Å². The van der Waals surface area contributed by atoms with Crippen LogP contribution in [0.15, 0.2) is 18.2 Å². The quantitative estimate of drug-likeness (QED) is 0.820. The third-order valence-corrected chi connectivity index (χ3v) is 3.53. The number of carbonyl (C=O) groups excluding carboxylic acids is 1. The van der Waals surface area contributed by atoms with Crippen LogP contribution in [-0.2, 0) is 9.53 Å². The van der Waals surface area contributed by atoms with Gasteiger partial charge in [-0.1, -0.05) is 18.5 Å². The molecule has 2 unspecified atom stereocenters. The minimum absolute atomic E-state index is 0.112. The molecule has 20 heavy (non-hydrogen) atoms. The highest BCUT2D eigenvalue weighted by Gasteiger charge is 2.29. The molecule has 110 valence electrons. The zero-order valence-electron chi connectivity index (χ0n) is 11.8. The van der Waals surface area contributed by atoms with E-state index in [1.165, 1.54) is 0 Å². The Morgan fingerprint density at radius 2 is 2.35 bits per heavy atom. The maximum absolute atomic E-state index is 11.5. The van der Waals surface area contributed by atoms with Crippen molar-refractivity contribution in [3.05, 3.63) is 28.8 Å². The summed E-state index contributed by atoms with van der Waals surface area (Å²) in [6.45, 7) is 5.51. The second-order valence-electron chi connectivity index (χ2n) is 4.92. The van der Waals surface area contributed by atoms with E-state index in [1.807, 2.05) is 12.1 Å². The van der Waals surface area contributed by atoms with E-state index in [4.69, 9.17) is 21.1 Å². The highest BCUT2D eigenvalue weighted by Crippen LogP contribution is 2.30. The standard InChI is InChI=1S/C15H20ClNO3/c1-3-7-17-10(2)12-9-11(16)4-5-13(12)20-14-6-8-19-15(14)18/h4-5,9-10,14,17H,3,6-8H2,1-2H3. The molecule has 0 spiro atoms. The number of nitrogens with one attached hydrogen (secondary N) is 1. The molecule has 4 nitrogen and oxygen atoms in total. The van der Waals surface area contributed by atoms with Gasteiger partial charge in [0, 0.05) is 23.0 Å². The molecular weight excluding hydrogens is 278 g/mol. The fourth-order valence-corrected chi connectivity index (χ4v) is 2.35. The van der Waals surface area contributed by atoms with Crippen LogP contribution in [0.4, 0.5) is 0 Å². The number of cyclic esters (lactones) is 1. The van der Waals surface area contributed by atoms with Gasteiger partial charge in [0.15, 0.2) is 6.10 Å². The molecule has 0 saturated carbocycles. The number of hydrogen-bond acceptors (Lipinski definition) is 4. The fraction of sp³-hybridized carbons (Fsp3) is 0.533. The number of benzene rings is 1. The first-order valence-electron chi connectivity index (χ1n) is 6.98. The molecule has 1 aromatic carbocycles. The molecule has 0 aliphatic carbocycles. The predicted octanol–water partition coefficient (Wildman–Crippen LogP) is 3.09. The van der Waals surface area contributed by atoms with Crippen molar-refractivity contribution < 1.29 is 14.3 Å². The number of esters is 1. The second-order valence-corrected chi connectivity index (χ2v) is 5.36. The Kier molecular flexibility index (Phi) is 5.26. The summed E-state index contributed by atoms with van der Waals surface area (Å²) in [4.78, 5) is 11.5. The average Bonchev–Trinajstić information content (AvgIpc) is 2.83. The van der Waals surface area contributed by atoms with Gasteiger partial charge in [-0.25, -0.2) is 4.79 Å². The van der Waals surface area contributed by atoms with Crippen LogP contribution in [0.1, 0.15) is 38.3 Å². The van der Waals surface area contributed by atoms with E-state index in [-0.39, 0.29) is 12.0 Å². The van der Waals surface area contributed by atoms with Gasteiger partial charge in [0.1, 0.15) is 5.75 Å². The van der Waals surface area contributed by atoms with Crippen LogP contribution >= 0.6 is 11.6 Å². The zero-order chi connectivity index (χ0) is 14.5. The molecule has 0 aromatic heterocycles. The summed E-state index contributed by atoms with van der Waals surface area (Å²) in [5.74, 6) is 0.398. The molecule has 1 heterocycles. The van der Waals surface area contributed by atoms with E-state index in [9.17, 15) is 4.79 Å². The molecule has 1 aromatic rings. The highest BCUT2D eigenvalue weighted by atomic mass is 35.5. The zero-order valence-corrected chi connectivity index (χ0v) is 12.6. The minimum atomic E-state index is -0.506. The maximum Gasteiger partial charge on any atom is 0.347 e. The number of halogens is 1. The molecule has 2 atom stereocenters. The first kappa shape index (κ1) is 15.1. The van der Waals surface area contributed by atoms with Gasteiger partial charge >= 0.3 is 5.97 Å². The van der Waals surface area contributed by atoms with Gasteiger partial charge in [-0.2, -0.15) is 0 Å². The van der Waals surface area contributed by atoms with Gasteiger partial charge in [-0.15, -0.1) is 0 Å². The van der Waals surface area contributed by atoms with Crippen molar-refractivity contribution >= 4 is 17.6 Å². The van der Waals surface area contributed by atoms with Crippen molar-refractivity contribution in [1.29, 1.82) is 0 Å². The minimum Gasteiger partial charge on any atom is -0.478 e. The van der Waals surface area contributed by atoms with Crippen LogP contribution in [0.5, 0.6) is 5.75 Å². The van der Waals surface area contributed by atoms with Crippen LogP contribution in [0.3, 0.4) is 0 Å². The van der Waals surface area contributed by atoms with Crippen LogP contribution < -0.4 is 10.1 Å². The Bertz CT molecular complexity index is 478. The van der Waals surface area contributed by atoms with Crippen molar-refractivity contribution in [2.75, 3.05) is 13.2 Å². The van der Waals surface area contributed by atoms with Gasteiger partial charge in [0.25, 0.3) is 0 Å². The summed E-state index contributed by atoms with van der Waals surface area (Å²) in [6.07, 6.45) is 1.14. The number of hydrogen-bond donors (Lipinski definition) is 1. The third-order valence-electron chi connectivity index (χ3n) is 3.30. The molecule has 2 rings (SSSR count). The molecule has 1 aliphatic heterocycles. The van der Waals surface area contributed by atoms with Gasteiger partial charge in [0.2, 0.25) is 0 Å². The first-order valence-corrected chi connectivity index (χ1v) is 7.35. The van der Waals surface area contributed by atoms with E-state index in [1.54, 1.807) is 6.07 Å². The molecule has 1 saturated heterocycles. The van der Waals surface area contributed by atoms with E-state index < -0.39 is 6.10 Å². The molecule has 0 amide bonds. The summed E-state index contributed by atoms with van der Waals surface area (Å²) in [6, 6.07) is 5.58. The highest BCUT2D eigenvalue weighted by molar-refractivity contribution is 6.30. The number of ether oxygens (including phenoxy) is 2. The molecule has 5 heteroatoms. The molecule has 1 N–H and O–H groups in total. The lowest BCUT2D eigenvalue weighted by atomic mass is 10.1. The summed E-state index contributed by atoms with van der Waals surface area (Å²) >= 11 is 6.07. The number of rotatable bonds is 6. The van der Waals surface area contributed by atoms with Crippen LogP contribution in [0.2, 0.25) is 5.02 Å². The summed E-state index contributed by atoms with van der Waals surface area (Å²) < 4.78 is 10.7.